The van der Waals surface area contributed by atoms with Crippen molar-refractivity contribution in [1.82, 2.24) is 15.2 Å². The number of anilines is 1. The Morgan fingerprint density at radius 2 is 1.89 bits per heavy atom. The standard InChI is InChI=1S/C27H24BrFN4OS/c28-18-10-11-20(21(29)17-18)23-12-13-24(34-23)26-25(22-9-4-5-14-31-22)32-27(35)33(26)16-6-15-30-19-7-2-1-3-8-19/h1-5,7-14,17,25-26,30H,6,15-16H2,(H,32,35)/t25-,26-/m0/s1. The fraction of sp³-hybridized carbons (Fsp3) is 0.185. The van der Waals surface area contributed by atoms with Gasteiger partial charge in [0.1, 0.15) is 23.4 Å². The highest BCUT2D eigenvalue weighted by Crippen LogP contribution is 2.40. The van der Waals surface area contributed by atoms with Crippen LogP contribution in [0, 0.1) is 5.82 Å². The van der Waals surface area contributed by atoms with Gasteiger partial charge in [-0.15, -0.1) is 0 Å². The summed E-state index contributed by atoms with van der Waals surface area (Å²) in [6.45, 7) is 1.53. The Morgan fingerprint density at radius 1 is 1.06 bits per heavy atom. The van der Waals surface area contributed by atoms with Crippen LogP contribution in [0.3, 0.4) is 0 Å². The van der Waals surface area contributed by atoms with Crippen molar-refractivity contribution in [1.29, 1.82) is 0 Å². The number of para-hydroxylation sites is 1. The van der Waals surface area contributed by atoms with E-state index in [2.05, 4.69) is 36.4 Å². The van der Waals surface area contributed by atoms with Crippen LogP contribution in [0.2, 0.25) is 0 Å². The molecule has 178 valence electrons. The van der Waals surface area contributed by atoms with Crippen LogP contribution in [0.25, 0.3) is 11.3 Å². The largest absolute Gasteiger partial charge is 0.459 e. The molecule has 1 saturated heterocycles. The molecule has 5 nitrogen and oxygen atoms in total. The van der Waals surface area contributed by atoms with Gasteiger partial charge >= 0.3 is 0 Å². The fourth-order valence-corrected chi connectivity index (χ4v) is 5.00. The Kier molecular flexibility index (Phi) is 7.11. The number of nitrogens with zero attached hydrogens (tertiary/aromatic N) is 2. The van der Waals surface area contributed by atoms with E-state index in [0.29, 0.717) is 26.7 Å². The van der Waals surface area contributed by atoms with Crippen molar-refractivity contribution in [2.24, 2.45) is 0 Å². The van der Waals surface area contributed by atoms with Crippen LogP contribution in [0.5, 0.6) is 0 Å². The second-order valence-electron chi connectivity index (χ2n) is 8.29. The minimum atomic E-state index is -0.342. The van der Waals surface area contributed by atoms with Gasteiger partial charge in [-0.1, -0.05) is 40.2 Å². The molecule has 0 spiro atoms. The number of aromatic nitrogens is 1. The van der Waals surface area contributed by atoms with Gasteiger partial charge < -0.3 is 20.0 Å². The molecule has 0 saturated carbocycles. The molecule has 35 heavy (non-hydrogen) atoms. The van der Waals surface area contributed by atoms with Crippen LogP contribution in [-0.2, 0) is 0 Å². The molecular weight excluding hydrogens is 527 g/mol. The summed E-state index contributed by atoms with van der Waals surface area (Å²) in [6, 6.07) is 24.2. The molecule has 1 aliphatic rings. The van der Waals surface area contributed by atoms with Gasteiger partial charge in [0.2, 0.25) is 0 Å². The first-order valence-electron chi connectivity index (χ1n) is 11.4. The molecule has 3 heterocycles. The summed E-state index contributed by atoms with van der Waals surface area (Å²) < 4.78 is 21.5. The highest BCUT2D eigenvalue weighted by atomic mass is 79.9. The van der Waals surface area contributed by atoms with E-state index < -0.39 is 0 Å². The number of halogens is 2. The molecule has 5 rings (SSSR count). The van der Waals surface area contributed by atoms with E-state index in [1.165, 1.54) is 6.07 Å². The molecule has 2 aromatic carbocycles. The van der Waals surface area contributed by atoms with Crippen molar-refractivity contribution in [3.63, 3.8) is 0 Å². The average molecular weight is 551 g/mol. The summed E-state index contributed by atoms with van der Waals surface area (Å²) in [5, 5.41) is 7.53. The zero-order valence-electron chi connectivity index (χ0n) is 18.8. The zero-order valence-corrected chi connectivity index (χ0v) is 21.2. The summed E-state index contributed by atoms with van der Waals surface area (Å²) in [5.41, 5.74) is 2.38. The first-order chi connectivity index (χ1) is 17.1. The Morgan fingerprint density at radius 3 is 2.66 bits per heavy atom. The smallest absolute Gasteiger partial charge is 0.170 e. The van der Waals surface area contributed by atoms with Crippen LogP contribution >= 0.6 is 28.1 Å². The van der Waals surface area contributed by atoms with Crippen LogP contribution in [0.1, 0.15) is 30.0 Å². The second-order valence-corrected chi connectivity index (χ2v) is 9.59. The van der Waals surface area contributed by atoms with Crippen LogP contribution in [0.15, 0.2) is 93.9 Å². The molecule has 0 bridgehead atoms. The van der Waals surface area contributed by atoms with Crippen LogP contribution < -0.4 is 10.6 Å². The predicted molar refractivity (Wildman–Crippen MR) is 144 cm³/mol. The summed E-state index contributed by atoms with van der Waals surface area (Å²) >= 11 is 9.04. The number of hydrogen-bond acceptors (Lipinski definition) is 4. The second kappa shape index (κ2) is 10.6. The summed E-state index contributed by atoms with van der Waals surface area (Å²) in [4.78, 5) is 6.70. The lowest BCUT2D eigenvalue weighted by atomic mass is 10.0. The number of furan rings is 1. The molecule has 1 aliphatic heterocycles. The van der Waals surface area contributed by atoms with E-state index in [1.54, 1.807) is 18.3 Å². The maximum atomic E-state index is 14.6. The van der Waals surface area contributed by atoms with Gasteiger partial charge in [-0.25, -0.2) is 4.39 Å². The van der Waals surface area contributed by atoms with Crippen LogP contribution in [-0.4, -0.2) is 28.1 Å². The van der Waals surface area contributed by atoms with Gasteiger partial charge in [0.25, 0.3) is 0 Å². The van der Waals surface area contributed by atoms with Gasteiger partial charge in [0.15, 0.2) is 5.11 Å². The van der Waals surface area contributed by atoms with E-state index >= 15 is 0 Å². The zero-order chi connectivity index (χ0) is 24.2. The number of pyridine rings is 1. The van der Waals surface area contributed by atoms with Crippen molar-refractivity contribution >= 4 is 38.9 Å². The molecule has 1 fully saturated rings. The summed E-state index contributed by atoms with van der Waals surface area (Å²) in [6.07, 6.45) is 2.64. The lowest BCUT2D eigenvalue weighted by Gasteiger charge is -2.26. The Labute approximate surface area is 217 Å². The maximum Gasteiger partial charge on any atom is 0.170 e. The number of hydrogen-bond donors (Lipinski definition) is 2. The molecule has 2 atom stereocenters. The maximum absolute atomic E-state index is 14.6. The van der Waals surface area contributed by atoms with E-state index in [-0.39, 0.29) is 17.9 Å². The topological polar surface area (TPSA) is 53.3 Å². The minimum absolute atomic E-state index is 0.181. The molecule has 2 N–H and O–H groups in total. The number of thiocarbonyl (C=S) groups is 1. The Bertz CT molecular complexity index is 1300. The SMILES string of the molecule is Fc1cc(Br)ccc1-c1ccc([C@H]2[C@H](c3ccccn3)NC(=S)N2CCCNc2ccccc2)o1. The van der Waals surface area contributed by atoms with Crippen molar-refractivity contribution in [3.05, 3.63) is 107 Å². The van der Waals surface area contributed by atoms with Gasteiger partial charge in [0.05, 0.1) is 17.3 Å². The molecule has 0 unspecified atom stereocenters. The summed E-state index contributed by atoms with van der Waals surface area (Å²) in [5.74, 6) is 0.847. The molecule has 4 aromatic rings. The number of rotatable bonds is 8. The van der Waals surface area contributed by atoms with Gasteiger partial charge in [-0.2, -0.15) is 0 Å². The monoisotopic (exact) mass is 550 g/mol. The summed E-state index contributed by atoms with van der Waals surface area (Å²) in [7, 11) is 0. The first-order valence-corrected chi connectivity index (χ1v) is 12.6. The Balaban J connectivity index is 1.39. The molecular formula is C27H24BrFN4OS. The predicted octanol–water partition coefficient (Wildman–Crippen LogP) is 6.72. The Hall–Kier alpha value is -3.23. The average Bonchev–Trinajstić information content (AvgIpc) is 3.47. The van der Waals surface area contributed by atoms with E-state index in [4.69, 9.17) is 16.6 Å². The van der Waals surface area contributed by atoms with Crippen LogP contribution in [0.4, 0.5) is 10.1 Å². The van der Waals surface area contributed by atoms with Gasteiger partial charge in [0, 0.05) is 29.4 Å². The lowest BCUT2D eigenvalue weighted by Crippen LogP contribution is -2.31. The normalized spacial score (nSPS) is 17.4. The molecule has 2 aromatic heterocycles. The highest BCUT2D eigenvalue weighted by molar-refractivity contribution is 9.10. The van der Waals surface area contributed by atoms with Crippen molar-refractivity contribution in [2.45, 2.75) is 18.5 Å². The third kappa shape index (κ3) is 5.23. The van der Waals surface area contributed by atoms with Crippen molar-refractivity contribution in [3.8, 4) is 11.3 Å². The third-order valence-electron chi connectivity index (χ3n) is 5.99. The van der Waals surface area contributed by atoms with Gasteiger partial charge in [-0.05, 0) is 73.2 Å². The van der Waals surface area contributed by atoms with Gasteiger partial charge in [-0.3, -0.25) is 4.98 Å². The third-order valence-corrected chi connectivity index (χ3v) is 6.84. The quantitative estimate of drug-likeness (QED) is 0.187. The lowest BCUT2D eigenvalue weighted by molar-refractivity contribution is 0.274. The number of nitrogens with one attached hydrogen (secondary N) is 2. The number of benzene rings is 2. The molecule has 0 aliphatic carbocycles. The highest BCUT2D eigenvalue weighted by Gasteiger charge is 2.41. The molecule has 0 amide bonds. The van der Waals surface area contributed by atoms with E-state index in [0.717, 1.165) is 30.9 Å². The minimum Gasteiger partial charge on any atom is -0.459 e. The van der Waals surface area contributed by atoms with Crippen molar-refractivity contribution in [2.75, 3.05) is 18.4 Å². The fourth-order valence-electron chi connectivity index (χ4n) is 4.34. The molecule has 0 radical (unpaired) electrons. The van der Waals surface area contributed by atoms with E-state index in [1.807, 2.05) is 60.7 Å². The first kappa shape index (κ1) is 23.5. The van der Waals surface area contributed by atoms with E-state index in [9.17, 15) is 4.39 Å². The molecule has 8 heteroatoms. The van der Waals surface area contributed by atoms with Crippen molar-refractivity contribution < 1.29 is 8.81 Å².